The number of nitrogens with two attached hydrogens (primary N) is 1. The molecule has 1 saturated carbocycles. The van der Waals surface area contributed by atoms with Crippen molar-refractivity contribution in [3.63, 3.8) is 0 Å². The molecular weight excluding hydrogens is 270 g/mol. The first-order chi connectivity index (χ1) is 9.09. The fourth-order valence-corrected chi connectivity index (χ4v) is 2.73. The largest absolute Gasteiger partial charge is 0.396 e. The van der Waals surface area contributed by atoms with E-state index >= 15 is 0 Å². The van der Waals surface area contributed by atoms with Crippen LogP contribution in [0.3, 0.4) is 0 Å². The molecule has 1 fully saturated rings. The Labute approximate surface area is 114 Å². The van der Waals surface area contributed by atoms with Gasteiger partial charge >= 0.3 is 0 Å². The zero-order valence-electron chi connectivity index (χ0n) is 10.1. The lowest BCUT2D eigenvalue weighted by atomic mass is 10.1. The monoisotopic (exact) mass is 283 g/mol. The summed E-state index contributed by atoms with van der Waals surface area (Å²) in [5, 5.41) is 18.9. The highest BCUT2D eigenvalue weighted by Gasteiger charge is 2.53. The molecule has 7 nitrogen and oxygen atoms in total. The highest BCUT2D eigenvalue weighted by Crippen LogP contribution is 2.53. The molecule has 0 radical (unpaired) electrons. The Hall–Kier alpha value is -1.44. The van der Waals surface area contributed by atoms with E-state index in [1.807, 2.05) is 0 Å². The van der Waals surface area contributed by atoms with Gasteiger partial charge in [-0.25, -0.2) is 4.98 Å². The number of aliphatic hydroxyl groups is 2. The number of halogens is 1. The minimum Gasteiger partial charge on any atom is -0.396 e. The van der Waals surface area contributed by atoms with Crippen LogP contribution in [0.5, 0.6) is 0 Å². The van der Waals surface area contributed by atoms with Crippen LogP contribution in [0.1, 0.15) is 6.42 Å². The minimum atomic E-state index is -0.297. The van der Waals surface area contributed by atoms with Crippen molar-refractivity contribution in [2.24, 2.45) is 11.3 Å². The Morgan fingerprint density at radius 2 is 2.26 bits per heavy atom. The molecule has 102 valence electrons. The molecule has 0 aromatic carbocycles. The summed E-state index contributed by atoms with van der Waals surface area (Å²) in [4.78, 5) is 12.1. The predicted molar refractivity (Wildman–Crippen MR) is 69.5 cm³/mol. The van der Waals surface area contributed by atoms with Crippen LogP contribution in [0.25, 0.3) is 11.2 Å². The van der Waals surface area contributed by atoms with Gasteiger partial charge in [0.15, 0.2) is 10.8 Å². The van der Waals surface area contributed by atoms with E-state index < -0.39 is 0 Å². The number of anilines is 1. The normalized spacial score (nSPS) is 25.9. The molecular formula is C11H14ClN5O2. The number of fused-ring (bicyclic) bond motifs is 1. The van der Waals surface area contributed by atoms with Gasteiger partial charge in [-0.1, -0.05) is 11.6 Å². The standard InChI is InChI=1S/C11H14ClN5O2/c12-8-7-9(16-10(13)15-8)17(5-14-7)3-11(4-19)1-6(11)2-18/h5-6,18-19H,1-4H2,(H2,13,15,16)/t6-,11+/m0/s1. The highest BCUT2D eigenvalue weighted by molar-refractivity contribution is 6.33. The second-order valence-corrected chi connectivity index (χ2v) is 5.38. The number of aromatic nitrogens is 4. The van der Waals surface area contributed by atoms with Crippen LogP contribution in [0.15, 0.2) is 6.33 Å². The third-order valence-corrected chi connectivity index (χ3v) is 4.08. The van der Waals surface area contributed by atoms with E-state index in [-0.39, 0.29) is 35.6 Å². The summed E-state index contributed by atoms with van der Waals surface area (Å²) in [6, 6.07) is 0. The summed E-state index contributed by atoms with van der Waals surface area (Å²) in [5.41, 5.74) is 6.32. The maximum absolute atomic E-state index is 9.51. The van der Waals surface area contributed by atoms with Gasteiger partial charge in [-0.15, -0.1) is 0 Å². The number of nitrogen functional groups attached to an aromatic ring is 1. The molecule has 3 rings (SSSR count). The molecule has 1 aliphatic carbocycles. The van der Waals surface area contributed by atoms with E-state index in [2.05, 4.69) is 15.0 Å². The van der Waals surface area contributed by atoms with E-state index in [4.69, 9.17) is 17.3 Å². The Kier molecular flexibility index (Phi) is 2.84. The summed E-state index contributed by atoms with van der Waals surface area (Å²) in [7, 11) is 0. The van der Waals surface area contributed by atoms with Crippen molar-refractivity contribution < 1.29 is 10.2 Å². The second-order valence-electron chi connectivity index (χ2n) is 5.02. The van der Waals surface area contributed by atoms with Crippen molar-refractivity contribution in [2.75, 3.05) is 18.9 Å². The van der Waals surface area contributed by atoms with Gasteiger partial charge in [0.2, 0.25) is 5.95 Å². The maximum atomic E-state index is 9.51. The highest BCUT2D eigenvalue weighted by atomic mass is 35.5. The third kappa shape index (κ3) is 1.94. The van der Waals surface area contributed by atoms with Crippen LogP contribution in [-0.4, -0.2) is 42.9 Å². The lowest BCUT2D eigenvalue weighted by molar-refractivity contribution is 0.159. The van der Waals surface area contributed by atoms with Crippen LogP contribution in [0, 0.1) is 11.3 Å². The number of rotatable bonds is 4. The summed E-state index contributed by atoms with van der Waals surface area (Å²) >= 11 is 5.96. The number of hydrogen-bond donors (Lipinski definition) is 3. The summed E-state index contributed by atoms with van der Waals surface area (Å²) < 4.78 is 1.80. The first-order valence-electron chi connectivity index (χ1n) is 5.95. The fourth-order valence-electron chi connectivity index (χ4n) is 2.51. The van der Waals surface area contributed by atoms with Gasteiger partial charge in [0.25, 0.3) is 0 Å². The molecule has 1 aliphatic rings. The van der Waals surface area contributed by atoms with Crippen LogP contribution in [0.2, 0.25) is 5.15 Å². The Morgan fingerprint density at radius 3 is 2.89 bits per heavy atom. The molecule has 0 spiro atoms. The fraction of sp³-hybridized carbons (Fsp3) is 0.545. The van der Waals surface area contributed by atoms with Crippen molar-refractivity contribution in [3.05, 3.63) is 11.5 Å². The van der Waals surface area contributed by atoms with Crippen molar-refractivity contribution in [1.82, 2.24) is 19.5 Å². The van der Waals surface area contributed by atoms with Gasteiger partial charge in [-0.3, -0.25) is 0 Å². The quantitative estimate of drug-likeness (QED) is 0.684. The predicted octanol–water partition coefficient (Wildman–Crippen LogP) is 0.0528. The van der Waals surface area contributed by atoms with Crippen molar-refractivity contribution in [1.29, 1.82) is 0 Å². The van der Waals surface area contributed by atoms with Gasteiger partial charge in [0.1, 0.15) is 5.52 Å². The summed E-state index contributed by atoms with van der Waals surface area (Å²) in [6.45, 7) is 0.620. The average Bonchev–Trinajstić information content (AvgIpc) is 2.95. The molecule has 2 atom stereocenters. The SMILES string of the molecule is Nc1nc(Cl)c2ncn(C[C@@]3(CO)C[C@H]3CO)c2n1. The van der Waals surface area contributed by atoms with Crippen LogP contribution in [0.4, 0.5) is 5.95 Å². The lowest BCUT2D eigenvalue weighted by Crippen LogP contribution is -2.19. The van der Waals surface area contributed by atoms with Gasteiger partial charge in [-0.05, 0) is 12.3 Å². The van der Waals surface area contributed by atoms with Gasteiger partial charge in [0, 0.05) is 18.6 Å². The van der Waals surface area contributed by atoms with Gasteiger partial charge in [0.05, 0.1) is 12.9 Å². The Balaban J connectivity index is 1.98. The zero-order valence-corrected chi connectivity index (χ0v) is 10.9. The molecule has 19 heavy (non-hydrogen) atoms. The number of nitrogens with zero attached hydrogens (tertiary/aromatic N) is 4. The number of hydrogen-bond acceptors (Lipinski definition) is 6. The van der Waals surface area contributed by atoms with Gasteiger partial charge < -0.3 is 20.5 Å². The third-order valence-electron chi connectivity index (χ3n) is 3.82. The Bertz CT molecular complexity index is 631. The molecule has 0 aliphatic heterocycles. The van der Waals surface area contributed by atoms with Crippen molar-refractivity contribution in [2.45, 2.75) is 13.0 Å². The second kappa shape index (κ2) is 4.29. The number of imidazole rings is 1. The zero-order chi connectivity index (χ0) is 13.6. The topological polar surface area (TPSA) is 110 Å². The first-order valence-corrected chi connectivity index (χ1v) is 6.33. The molecule has 0 saturated heterocycles. The average molecular weight is 284 g/mol. The number of aliphatic hydroxyl groups excluding tert-OH is 2. The molecule has 8 heteroatoms. The molecule has 0 unspecified atom stereocenters. The summed E-state index contributed by atoms with van der Waals surface area (Å²) in [6.07, 6.45) is 2.39. The lowest BCUT2D eigenvalue weighted by Gasteiger charge is -2.14. The summed E-state index contributed by atoms with van der Waals surface area (Å²) in [5.74, 6) is 0.205. The van der Waals surface area contributed by atoms with E-state index in [9.17, 15) is 10.2 Å². The molecule has 2 heterocycles. The molecule has 2 aromatic rings. The molecule has 0 amide bonds. The maximum Gasteiger partial charge on any atom is 0.223 e. The van der Waals surface area contributed by atoms with E-state index in [1.165, 1.54) is 0 Å². The van der Waals surface area contributed by atoms with E-state index in [1.54, 1.807) is 10.9 Å². The van der Waals surface area contributed by atoms with Crippen LogP contribution >= 0.6 is 11.6 Å². The van der Waals surface area contributed by atoms with E-state index in [0.717, 1.165) is 6.42 Å². The van der Waals surface area contributed by atoms with Gasteiger partial charge in [-0.2, -0.15) is 9.97 Å². The van der Waals surface area contributed by atoms with Crippen molar-refractivity contribution in [3.8, 4) is 0 Å². The smallest absolute Gasteiger partial charge is 0.223 e. The first kappa shape index (κ1) is 12.6. The van der Waals surface area contributed by atoms with Crippen molar-refractivity contribution >= 4 is 28.7 Å². The molecule has 0 bridgehead atoms. The van der Waals surface area contributed by atoms with Crippen LogP contribution in [-0.2, 0) is 6.54 Å². The Morgan fingerprint density at radius 1 is 1.47 bits per heavy atom. The minimum absolute atomic E-state index is 0.0200. The van der Waals surface area contributed by atoms with E-state index in [0.29, 0.717) is 17.7 Å². The molecule has 4 N–H and O–H groups in total. The molecule has 2 aromatic heterocycles. The van der Waals surface area contributed by atoms with Crippen LogP contribution < -0.4 is 5.73 Å².